The van der Waals surface area contributed by atoms with Crippen LogP contribution in [0.5, 0.6) is 0 Å². The molecule has 1 amide bonds. The Morgan fingerprint density at radius 3 is 2.42 bits per heavy atom. The minimum Gasteiger partial charge on any atom is -0.373 e. The van der Waals surface area contributed by atoms with E-state index in [1.807, 2.05) is 0 Å². The number of anilines is 1. The molecule has 1 rings (SSSR count). The van der Waals surface area contributed by atoms with Crippen LogP contribution in [0.2, 0.25) is 0 Å². The molecule has 1 aromatic heterocycles. The highest BCUT2D eigenvalue weighted by atomic mass is 16.1. The first-order chi connectivity index (χ1) is 8.95. The predicted molar refractivity (Wildman–Crippen MR) is 79.3 cm³/mol. The Balaban J connectivity index is 2.64. The van der Waals surface area contributed by atoms with E-state index in [4.69, 9.17) is 0 Å². The van der Waals surface area contributed by atoms with Crippen LogP contribution in [0.4, 0.5) is 5.82 Å². The third-order valence-electron chi connectivity index (χ3n) is 3.49. The molecular formula is C15H25N3O. The molecule has 0 aliphatic carbocycles. The SMILES string of the molecule is CNc1cc(C(=O)NCC(C(C)C)C(C)C)ccn1. The highest BCUT2D eigenvalue weighted by molar-refractivity contribution is 5.94. The first-order valence-electron chi connectivity index (χ1n) is 6.87. The molecule has 19 heavy (non-hydrogen) atoms. The van der Waals surface area contributed by atoms with E-state index >= 15 is 0 Å². The molecule has 0 atom stereocenters. The van der Waals surface area contributed by atoms with Crippen LogP contribution in [0.25, 0.3) is 0 Å². The van der Waals surface area contributed by atoms with Crippen LogP contribution in [0.1, 0.15) is 38.1 Å². The van der Waals surface area contributed by atoms with E-state index in [0.29, 0.717) is 35.7 Å². The fourth-order valence-electron chi connectivity index (χ4n) is 2.26. The van der Waals surface area contributed by atoms with E-state index < -0.39 is 0 Å². The second kappa shape index (κ2) is 7.12. The van der Waals surface area contributed by atoms with E-state index in [1.165, 1.54) is 0 Å². The smallest absolute Gasteiger partial charge is 0.251 e. The number of carbonyl (C=O) groups excluding carboxylic acids is 1. The van der Waals surface area contributed by atoms with Crippen molar-refractivity contribution in [3.8, 4) is 0 Å². The Morgan fingerprint density at radius 2 is 1.89 bits per heavy atom. The maximum atomic E-state index is 12.1. The highest BCUT2D eigenvalue weighted by Crippen LogP contribution is 2.19. The van der Waals surface area contributed by atoms with Crippen LogP contribution in [0.3, 0.4) is 0 Å². The van der Waals surface area contributed by atoms with Crippen molar-refractivity contribution in [3.05, 3.63) is 23.9 Å². The number of pyridine rings is 1. The summed E-state index contributed by atoms with van der Waals surface area (Å²) < 4.78 is 0. The number of hydrogen-bond acceptors (Lipinski definition) is 3. The van der Waals surface area contributed by atoms with Crippen molar-refractivity contribution < 1.29 is 4.79 Å². The fraction of sp³-hybridized carbons (Fsp3) is 0.600. The van der Waals surface area contributed by atoms with Gasteiger partial charge in [0.1, 0.15) is 5.82 Å². The number of amides is 1. The highest BCUT2D eigenvalue weighted by Gasteiger charge is 2.18. The van der Waals surface area contributed by atoms with Gasteiger partial charge in [-0.15, -0.1) is 0 Å². The van der Waals surface area contributed by atoms with Crippen molar-refractivity contribution >= 4 is 11.7 Å². The number of nitrogens with one attached hydrogen (secondary N) is 2. The molecule has 0 aliphatic heterocycles. The molecule has 0 bridgehead atoms. The van der Waals surface area contributed by atoms with Gasteiger partial charge in [0.2, 0.25) is 0 Å². The molecule has 1 aromatic rings. The summed E-state index contributed by atoms with van der Waals surface area (Å²) in [6.45, 7) is 9.50. The summed E-state index contributed by atoms with van der Waals surface area (Å²) in [7, 11) is 1.79. The molecule has 2 N–H and O–H groups in total. The second-order valence-corrected chi connectivity index (χ2v) is 5.54. The third-order valence-corrected chi connectivity index (χ3v) is 3.49. The van der Waals surface area contributed by atoms with Crippen molar-refractivity contribution in [2.24, 2.45) is 17.8 Å². The summed E-state index contributed by atoms with van der Waals surface area (Å²) in [6, 6.07) is 3.49. The monoisotopic (exact) mass is 263 g/mol. The van der Waals surface area contributed by atoms with Crippen LogP contribution in [0.15, 0.2) is 18.3 Å². The lowest BCUT2D eigenvalue weighted by Gasteiger charge is -2.25. The molecule has 0 spiro atoms. The van der Waals surface area contributed by atoms with Gasteiger partial charge in [0.25, 0.3) is 5.91 Å². The summed E-state index contributed by atoms with van der Waals surface area (Å²) in [5.74, 6) is 2.29. The number of carbonyl (C=O) groups is 1. The van der Waals surface area contributed by atoms with Gasteiger partial charge in [0, 0.05) is 25.4 Å². The number of hydrogen-bond donors (Lipinski definition) is 2. The van der Waals surface area contributed by atoms with Gasteiger partial charge in [0.05, 0.1) is 0 Å². The lowest BCUT2D eigenvalue weighted by molar-refractivity contribution is 0.0937. The Labute approximate surface area is 116 Å². The molecule has 0 aromatic carbocycles. The molecule has 0 unspecified atom stereocenters. The van der Waals surface area contributed by atoms with Crippen molar-refractivity contribution in [2.45, 2.75) is 27.7 Å². The first-order valence-corrected chi connectivity index (χ1v) is 6.87. The number of aromatic nitrogens is 1. The standard InChI is InChI=1S/C15H25N3O/c1-10(2)13(11(3)4)9-18-15(19)12-6-7-17-14(8-12)16-5/h6-8,10-11,13H,9H2,1-5H3,(H,16,17)(H,18,19). The van der Waals surface area contributed by atoms with Crippen LogP contribution in [-0.2, 0) is 0 Å². The Hall–Kier alpha value is -1.58. The summed E-state index contributed by atoms with van der Waals surface area (Å²) in [6.07, 6.45) is 1.64. The molecule has 1 heterocycles. The van der Waals surface area contributed by atoms with E-state index in [-0.39, 0.29) is 5.91 Å². The molecule has 0 fully saturated rings. The van der Waals surface area contributed by atoms with Crippen LogP contribution in [-0.4, -0.2) is 24.5 Å². The van der Waals surface area contributed by atoms with E-state index in [0.717, 1.165) is 0 Å². The summed E-state index contributed by atoms with van der Waals surface area (Å²) >= 11 is 0. The molecule has 0 aliphatic rings. The lowest BCUT2D eigenvalue weighted by atomic mass is 9.85. The maximum Gasteiger partial charge on any atom is 0.251 e. The van der Waals surface area contributed by atoms with Gasteiger partial charge < -0.3 is 10.6 Å². The van der Waals surface area contributed by atoms with Gasteiger partial charge in [-0.05, 0) is 29.9 Å². The zero-order chi connectivity index (χ0) is 14.4. The van der Waals surface area contributed by atoms with E-state index in [2.05, 4.69) is 43.3 Å². The maximum absolute atomic E-state index is 12.1. The van der Waals surface area contributed by atoms with Crippen molar-refractivity contribution in [1.82, 2.24) is 10.3 Å². The summed E-state index contributed by atoms with van der Waals surface area (Å²) in [5.41, 5.74) is 0.644. The Bertz CT molecular complexity index is 408. The molecule has 4 heteroatoms. The molecule has 4 nitrogen and oxygen atoms in total. The molecular weight excluding hydrogens is 238 g/mol. The van der Waals surface area contributed by atoms with Gasteiger partial charge in [-0.1, -0.05) is 27.7 Å². The largest absolute Gasteiger partial charge is 0.373 e. The average molecular weight is 263 g/mol. The summed E-state index contributed by atoms with van der Waals surface area (Å²) in [5, 5.41) is 5.95. The quantitative estimate of drug-likeness (QED) is 0.829. The zero-order valence-electron chi connectivity index (χ0n) is 12.5. The summed E-state index contributed by atoms with van der Waals surface area (Å²) in [4.78, 5) is 16.2. The van der Waals surface area contributed by atoms with Crippen molar-refractivity contribution in [3.63, 3.8) is 0 Å². The van der Waals surface area contributed by atoms with Gasteiger partial charge in [-0.2, -0.15) is 0 Å². The topological polar surface area (TPSA) is 54.0 Å². The predicted octanol–water partition coefficient (Wildman–Crippen LogP) is 2.78. The average Bonchev–Trinajstić information content (AvgIpc) is 2.38. The third kappa shape index (κ3) is 4.54. The Morgan fingerprint density at radius 1 is 1.26 bits per heavy atom. The van der Waals surface area contributed by atoms with E-state index in [1.54, 1.807) is 25.4 Å². The Kier molecular flexibility index (Phi) is 5.80. The van der Waals surface area contributed by atoms with Gasteiger partial charge in [-0.25, -0.2) is 4.98 Å². The van der Waals surface area contributed by atoms with E-state index in [9.17, 15) is 4.79 Å². The second-order valence-electron chi connectivity index (χ2n) is 5.54. The zero-order valence-corrected chi connectivity index (χ0v) is 12.5. The van der Waals surface area contributed by atoms with Crippen molar-refractivity contribution in [2.75, 3.05) is 18.9 Å². The number of nitrogens with zero attached hydrogens (tertiary/aromatic N) is 1. The van der Waals surface area contributed by atoms with Crippen LogP contribution >= 0.6 is 0 Å². The molecule has 0 saturated carbocycles. The van der Waals surface area contributed by atoms with Gasteiger partial charge in [0.15, 0.2) is 0 Å². The molecule has 0 radical (unpaired) electrons. The molecule has 0 saturated heterocycles. The number of rotatable bonds is 6. The van der Waals surface area contributed by atoms with Gasteiger partial charge >= 0.3 is 0 Å². The first kappa shape index (κ1) is 15.5. The van der Waals surface area contributed by atoms with Crippen LogP contribution < -0.4 is 10.6 Å². The van der Waals surface area contributed by atoms with Crippen molar-refractivity contribution in [1.29, 1.82) is 0 Å². The minimum absolute atomic E-state index is 0.0369. The molecule has 106 valence electrons. The minimum atomic E-state index is -0.0369. The van der Waals surface area contributed by atoms with Gasteiger partial charge in [-0.3, -0.25) is 4.79 Å². The lowest BCUT2D eigenvalue weighted by Crippen LogP contribution is -2.34. The normalized spacial score (nSPS) is 11.2. The fourth-order valence-corrected chi connectivity index (χ4v) is 2.26. The van der Waals surface area contributed by atoms with Crippen LogP contribution in [0, 0.1) is 17.8 Å².